The third-order valence-corrected chi connectivity index (χ3v) is 8.83. The molecule has 1 aromatic carbocycles. The van der Waals surface area contributed by atoms with Crippen LogP contribution in [0.1, 0.15) is 45.4 Å². The second-order valence-corrected chi connectivity index (χ2v) is 10.9. The van der Waals surface area contributed by atoms with Crippen LogP contribution in [0.4, 0.5) is 0 Å². The second-order valence-electron chi connectivity index (χ2n) is 9.97. The number of nitrogens with zero attached hydrogens (tertiary/aromatic N) is 2. The Morgan fingerprint density at radius 3 is 2.55 bits per heavy atom. The number of amides is 1. The number of allylic oxidation sites excluding steroid dienone is 1. The fourth-order valence-electron chi connectivity index (χ4n) is 6.82. The van der Waals surface area contributed by atoms with E-state index in [9.17, 15) is 9.59 Å². The number of hydrogen-bond donors (Lipinski definition) is 1. The maximum absolute atomic E-state index is 12.9. The summed E-state index contributed by atoms with van der Waals surface area (Å²) in [5.41, 5.74) is 0.870. The molecule has 0 unspecified atom stereocenters. The molecule has 164 valence electrons. The molecule has 0 saturated heterocycles. The molecule has 6 heteroatoms. The molecule has 1 N–H and O–H groups in total. The van der Waals surface area contributed by atoms with Crippen molar-refractivity contribution >= 4 is 28.6 Å². The zero-order valence-electron chi connectivity index (χ0n) is 18.2. The summed E-state index contributed by atoms with van der Waals surface area (Å²) in [7, 11) is 0. The van der Waals surface area contributed by atoms with Crippen molar-refractivity contribution in [3.8, 4) is 0 Å². The predicted molar refractivity (Wildman–Crippen MR) is 125 cm³/mol. The molecule has 4 bridgehead atoms. The SMILES string of the molecule is C=CCn1c(SCC(=O)N[C@@H](C)C23CC4CC(CC(C4)C2)C3)nc2ccccc2c1=O. The fourth-order valence-corrected chi connectivity index (χ4v) is 7.64. The van der Waals surface area contributed by atoms with Gasteiger partial charge >= 0.3 is 0 Å². The Hall–Kier alpha value is -2.08. The number of carbonyl (C=O) groups excluding carboxylic acids is 1. The van der Waals surface area contributed by atoms with E-state index < -0.39 is 0 Å². The van der Waals surface area contributed by atoms with Gasteiger partial charge in [-0.3, -0.25) is 14.2 Å². The van der Waals surface area contributed by atoms with E-state index in [0.29, 0.717) is 28.0 Å². The van der Waals surface area contributed by atoms with Crippen LogP contribution in [0.25, 0.3) is 10.9 Å². The maximum atomic E-state index is 12.9. The topological polar surface area (TPSA) is 64.0 Å². The van der Waals surface area contributed by atoms with Crippen LogP contribution in [-0.4, -0.2) is 27.3 Å². The molecule has 0 spiro atoms. The Balaban J connectivity index is 1.28. The van der Waals surface area contributed by atoms with Crippen molar-refractivity contribution in [1.29, 1.82) is 0 Å². The second kappa shape index (κ2) is 8.12. The number of carbonyl (C=O) groups is 1. The van der Waals surface area contributed by atoms with Gasteiger partial charge in [-0.1, -0.05) is 30.0 Å². The first-order chi connectivity index (χ1) is 15.0. The number of aromatic nitrogens is 2. The van der Waals surface area contributed by atoms with Crippen LogP contribution in [0.5, 0.6) is 0 Å². The van der Waals surface area contributed by atoms with Gasteiger partial charge in [-0.25, -0.2) is 4.98 Å². The zero-order valence-corrected chi connectivity index (χ0v) is 19.0. The molecule has 1 atom stereocenters. The lowest BCUT2D eigenvalue weighted by molar-refractivity contribution is -0.123. The molecule has 31 heavy (non-hydrogen) atoms. The van der Waals surface area contributed by atoms with E-state index in [1.165, 1.54) is 50.3 Å². The Bertz CT molecular complexity index is 1040. The molecule has 4 fully saturated rings. The van der Waals surface area contributed by atoms with Crippen LogP contribution in [0.3, 0.4) is 0 Å². The van der Waals surface area contributed by atoms with Crippen molar-refractivity contribution in [2.45, 2.75) is 63.2 Å². The summed E-state index contributed by atoms with van der Waals surface area (Å²) < 4.78 is 1.61. The Kier molecular flexibility index (Phi) is 5.45. The third kappa shape index (κ3) is 3.84. The van der Waals surface area contributed by atoms with Gasteiger partial charge in [-0.15, -0.1) is 6.58 Å². The number of thioether (sulfide) groups is 1. The van der Waals surface area contributed by atoms with E-state index in [4.69, 9.17) is 0 Å². The van der Waals surface area contributed by atoms with Gasteiger partial charge in [0.15, 0.2) is 5.16 Å². The summed E-state index contributed by atoms with van der Waals surface area (Å²) >= 11 is 1.34. The van der Waals surface area contributed by atoms with Gasteiger partial charge in [0, 0.05) is 12.6 Å². The average molecular weight is 438 g/mol. The summed E-state index contributed by atoms with van der Waals surface area (Å²) in [6, 6.07) is 7.55. The molecule has 0 radical (unpaired) electrons. The molecule has 2 aromatic rings. The first-order valence-electron chi connectivity index (χ1n) is 11.5. The summed E-state index contributed by atoms with van der Waals surface area (Å²) in [4.78, 5) is 30.4. The van der Waals surface area contributed by atoms with E-state index >= 15 is 0 Å². The fraction of sp³-hybridized carbons (Fsp3) is 0.560. The largest absolute Gasteiger partial charge is 0.352 e. The summed E-state index contributed by atoms with van der Waals surface area (Å²) in [6.45, 7) is 6.35. The minimum Gasteiger partial charge on any atom is -0.352 e. The van der Waals surface area contributed by atoms with Gasteiger partial charge in [0.25, 0.3) is 5.56 Å². The average Bonchev–Trinajstić information content (AvgIpc) is 2.73. The van der Waals surface area contributed by atoms with Crippen LogP contribution in [0, 0.1) is 23.2 Å². The van der Waals surface area contributed by atoms with Crippen molar-refractivity contribution in [2.24, 2.45) is 23.2 Å². The van der Waals surface area contributed by atoms with E-state index in [0.717, 1.165) is 17.8 Å². The summed E-state index contributed by atoms with van der Waals surface area (Å²) in [6.07, 6.45) is 9.74. The molecule has 5 nitrogen and oxygen atoms in total. The highest BCUT2D eigenvalue weighted by Gasteiger charge is 2.53. The van der Waals surface area contributed by atoms with Gasteiger partial charge in [-0.2, -0.15) is 0 Å². The van der Waals surface area contributed by atoms with Crippen LogP contribution in [-0.2, 0) is 11.3 Å². The van der Waals surface area contributed by atoms with Crippen molar-refractivity contribution < 1.29 is 4.79 Å². The lowest BCUT2D eigenvalue weighted by Gasteiger charge is -2.59. The first kappa shape index (κ1) is 20.8. The molecule has 4 saturated carbocycles. The molecule has 4 aliphatic rings. The molecule has 4 aliphatic carbocycles. The van der Waals surface area contributed by atoms with Gasteiger partial charge in [-0.05, 0) is 80.8 Å². The van der Waals surface area contributed by atoms with Crippen LogP contribution in [0.2, 0.25) is 0 Å². The van der Waals surface area contributed by atoms with E-state index in [-0.39, 0.29) is 23.3 Å². The Morgan fingerprint density at radius 2 is 1.90 bits per heavy atom. The summed E-state index contributed by atoms with van der Waals surface area (Å²) in [5, 5.41) is 4.48. The lowest BCUT2D eigenvalue weighted by Crippen LogP contribution is -2.56. The third-order valence-electron chi connectivity index (χ3n) is 7.85. The number of fused-ring (bicyclic) bond motifs is 1. The van der Waals surface area contributed by atoms with E-state index in [1.54, 1.807) is 16.7 Å². The van der Waals surface area contributed by atoms with Gasteiger partial charge in [0.05, 0.1) is 16.7 Å². The van der Waals surface area contributed by atoms with Crippen LogP contribution < -0.4 is 10.9 Å². The zero-order chi connectivity index (χ0) is 21.6. The number of nitrogens with one attached hydrogen (secondary N) is 1. The highest BCUT2D eigenvalue weighted by Crippen LogP contribution is 2.61. The number of rotatable bonds is 7. The number of para-hydroxylation sites is 1. The smallest absolute Gasteiger partial charge is 0.262 e. The van der Waals surface area contributed by atoms with Crippen LogP contribution in [0.15, 0.2) is 46.9 Å². The first-order valence-corrected chi connectivity index (χ1v) is 12.5. The molecule has 1 amide bonds. The normalized spacial score (nSPS) is 29.8. The predicted octanol–water partition coefficient (Wildman–Crippen LogP) is 4.40. The lowest BCUT2D eigenvalue weighted by atomic mass is 9.48. The van der Waals surface area contributed by atoms with Crippen molar-refractivity contribution in [1.82, 2.24) is 14.9 Å². The van der Waals surface area contributed by atoms with Gasteiger partial charge < -0.3 is 5.32 Å². The number of hydrogen-bond acceptors (Lipinski definition) is 4. The molecular weight excluding hydrogens is 406 g/mol. The monoisotopic (exact) mass is 437 g/mol. The quantitative estimate of drug-likeness (QED) is 0.396. The molecule has 6 rings (SSSR count). The highest BCUT2D eigenvalue weighted by atomic mass is 32.2. The highest BCUT2D eigenvalue weighted by molar-refractivity contribution is 7.99. The number of benzene rings is 1. The van der Waals surface area contributed by atoms with E-state index in [1.807, 2.05) is 18.2 Å². The Morgan fingerprint density at radius 1 is 1.26 bits per heavy atom. The maximum Gasteiger partial charge on any atom is 0.262 e. The minimum absolute atomic E-state index is 0.0285. The molecule has 1 heterocycles. The molecule has 1 aromatic heterocycles. The van der Waals surface area contributed by atoms with Crippen molar-refractivity contribution in [2.75, 3.05) is 5.75 Å². The van der Waals surface area contributed by atoms with Crippen molar-refractivity contribution in [3.05, 3.63) is 47.3 Å². The minimum atomic E-state index is -0.0876. The van der Waals surface area contributed by atoms with Crippen LogP contribution >= 0.6 is 11.8 Å². The van der Waals surface area contributed by atoms with Crippen molar-refractivity contribution in [3.63, 3.8) is 0 Å². The van der Waals surface area contributed by atoms with Gasteiger partial charge in [0.2, 0.25) is 5.91 Å². The molecular formula is C25H31N3O2S. The standard InChI is InChI=1S/C25H31N3O2S/c1-3-8-28-23(30)20-6-4-5-7-21(20)27-24(28)31-15-22(29)26-16(2)25-12-17-9-18(13-25)11-19(10-17)14-25/h3-7,16-19H,1,8-15H2,2H3,(H,26,29)/t16-,17?,18?,19?,25?/m0/s1. The van der Waals surface area contributed by atoms with Gasteiger partial charge in [0.1, 0.15) is 0 Å². The summed E-state index contributed by atoms with van der Waals surface area (Å²) in [5.74, 6) is 2.90. The van der Waals surface area contributed by atoms with E-state index in [2.05, 4.69) is 23.8 Å². The molecule has 0 aliphatic heterocycles. The Labute approximate surface area is 187 Å².